The minimum Gasteiger partial charge on any atom is -0.493 e. The molecule has 0 fully saturated rings. The number of aromatic nitrogens is 2. The number of aryl methyl sites for hydroxylation is 1. The molecule has 1 aliphatic heterocycles. The largest absolute Gasteiger partial charge is 0.493 e. The molecule has 0 aliphatic carbocycles. The molecule has 2 aromatic heterocycles. The van der Waals surface area contributed by atoms with Gasteiger partial charge in [0.25, 0.3) is 5.91 Å². The fourth-order valence-electron chi connectivity index (χ4n) is 2.74. The summed E-state index contributed by atoms with van der Waals surface area (Å²) in [7, 11) is 1.83. The number of thiophene rings is 1. The number of amides is 1. The van der Waals surface area contributed by atoms with Crippen molar-refractivity contribution in [3.63, 3.8) is 0 Å². The highest BCUT2D eigenvalue weighted by Crippen LogP contribution is 2.39. The average Bonchev–Trinajstić information content (AvgIpc) is 3.09. The summed E-state index contributed by atoms with van der Waals surface area (Å²) in [6, 6.07) is 1.96. The molecule has 1 N–H and O–H groups in total. The number of rotatable bonds is 5. The van der Waals surface area contributed by atoms with Crippen LogP contribution in [-0.4, -0.2) is 28.8 Å². The molecule has 0 bridgehead atoms. The van der Waals surface area contributed by atoms with Crippen molar-refractivity contribution < 1.29 is 9.53 Å². The van der Waals surface area contributed by atoms with Crippen molar-refractivity contribution in [3.8, 4) is 5.75 Å². The van der Waals surface area contributed by atoms with E-state index >= 15 is 0 Å². The van der Waals surface area contributed by atoms with Gasteiger partial charge >= 0.3 is 0 Å². The topological polar surface area (TPSA) is 59.4 Å². The summed E-state index contributed by atoms with van der Waals surface area (Å²) < 4.78 is 7.38. The summed E-state index contributed by atoms with van der Waals surface area (Å²) in [6.45, 7) is 5.54. The van der Waals surface area contributed by atoms with Crippen LogP contribution >= 0.6 is 11.3 Å². The van der Waals surface area contributed by atoms with Crippen LogP contribution in [0.3, 0.4) is 0 Å². The molecule has 7 heteroatoms. The van der Waals surface area contributed by atoms with E-state index < -0.39 is 0 Å². The number of carbonyl (C=O) groups is 1. The molecule has 1 amide bonds. The van der Waals surface area contributed by atoms with E-state index in [-0.39, 0.29) is 12.1 Å². The first-order chi connectivity index (χ1) is 10.7. The average molecular weight is 320 g/mol. The van der Waals surface area contributed by atoms with Gasteiger partial charge in [0, 0.05) is 19.8 Å². The van der Waals surface area contributed by atoms with Crippen molar-refractivity contribution >= 4 is 22.9 Å². The molecular formula is C15H20N4O2S. The van der Waals surface area contributed by atoms with Gasteiger partial charge in [-0.2, -0.15) is 5.10 Å². The highest BCUT2D eigenvalue weighted by atomic mass is 32.1. The van der Waals surface area contributed by atoms with Crippen molar-refractivity contribution in [2.45, 2.75) is 26.4 Å². The van der Waals surface area contributed by atoms with Crippen LogP contribution in [-0.2, 0) is 7.05 Å². The second-order valence-electron chi connectivity index (χ2n) is 5.19. The number of hydrogen-bond donors (Lipinski definition) is 1. The van der Waals surface area contributed by atoms with Gasteiger partial charge in [-0.1, -0.05) is 6.92 Å². The van der Waals surface area contributed by atoms with Crippen molar-refractivity contribution in [1.29, 1.82) is 0 Å². The molecule has 0 spiro atoms. The molecular weight excluding hydrogens is 300 g/mol. The molecule has 2 aromatic rings. The molecule has 22 heavy (non-hydrogen) atoms. The fraction of sp³-hybridized carbons (Fsp3) is 0.467. The summed E-state index contributed by atoms with van der Waals surface area (Å²) in [5, 5.41) is 9.33. The molecule has 6 nitrogen and oxygen atoms in total. The van der Waals surface area contributed by atoms with Crippen molar-refractivity contribution in [2.24, 2.45) is 7.05 Å². The maximum absolute atomic E-state index is 12.4. The van der Waals surface area contributed by atoms with Crippen LogP contribution in [0.4, 0.5) is 5.69 Å². The molecule has 1 atom stereocenters. The number of nitrogens with zero attached hydrogens (tertiary/aromatic N) is 3. The zero-order chi connectivity index (χ0) is 15.7. The highest BCUT2D eigenvalue weighted by molar-refractivity contribution is 7.10. The van der Waals surface area contributed by atoms with Crippen LogP contribution < -0.4 is 15.0 Å². The van der Waals surface area contributed by atoms with Crippen LogP contribution in [0.5, 0.6) is 5.75 Å². The summed E-state index contributed by atoms with van der Waals surface area (Å²) in [5.74, 6) is 0.704. The first-order valence-electron chi connectivity index (χ1n) is 7.47. The quantitative estimate of drug-likeness (QED) is 0.920. The molecule has 118 valence electrons. The van der Waals surface area contributed by atoms with Gasteiger partial charge in [-0.05, 0) is 24.8 Å². The van der Waals surface area contributed by atoms with Gasteiger partial charge in [0.2, 0.25) is 0 Å². The number of nitrogens with one attached hydrogen (secondary N) is 1. The zero-order valence-corrected chi connectivity index (χ0v) is 13.8. The number of ether oxygens (including phenoxy) is 1. The lowest BCUT2D eigenvalue weighted by atomic mass is 10.1. The van der Waals surface area contributed by atoms with E-state index in [4.69, 9.17) is 4.74 Å². The normalized spacial score (nSPS) is 17.3. The van der Waals surface area contributed by atoms with Crippen molar-refractivity contribution in [2.75, 3.05) is 18.1 Å². The maximum Gasteiger partial charge on any atom is 0.275 e. The lowest BCUT2D eigenvalue weighted by Gasteiger charge is -2.36. The number of anilines is 1. The number of hydrogen-bond acceptors (Lipinski definition) is 5. The predicted molar refractivity (Wildman–Crippen MR) is 86.5 cm³/mol. The molecule has 0 aromatic carbocycles. The molecule has 3 heterocycles. The Morgan fingerprint density at radius 3 is 3.00 bits per heavy atom. The van der Waals surface area contributed by atoms with E-state index in [0.29, 0.717) is 12.3 Å². The van der Waals surface area contributed by atoms with Crippen LogP contribution in [0, 0.1) is 0 Å². The van der Waals surface area contributed by atoms with Gasteiger partial charge in [-0.3, -0.25) is 9.48 Å². The third-order valence-corrected chi connectivity index (χ3v) is 4.53. The van der Waals surface area contributed by atoms with Gasteiger partial charge in [-0.15, -0.1) is 11.3 Å². The SMILES string of the molecule is CCCN1c2cn(C)nc2C(=O)NC1c1sccc1OCC. The Balaban J connectivity index is 2.03. The lowest BCUT2D eigenvalue weighted by molar-refractivity contribution is 0.0921. The van der Waals surface area contributed by atoms with E-state index in [1.807, 2.05) is 31.6 Å². The van der Waals surface area contributed by atoms with Crippen molar-refractivity contribution in [3.05, 3.63) is 28.2 Å². The molecule has 1 unspecified atom stereocenters. The second kappa shape index (κ2) is 6.00. The predicted octanol–water partition coefficient (Wildman–Crippen LogP) is 2.54. The first-order valence-corrected chi connectivity index (χ1v) is 8.35. The van der Waals surface area contributed by atoms with E-state index in [1.54, 1.807) is 16.0 Å². The van der Waals surface area contributed by atoms with Gasteiger partial charge in [0.15, 0.2) is 5.69 Å². The number of carbonyl (C=O) groups excluding carboxylic acids is 1. The van der Waals surface area contributed by atoms with Crippen LogP contribution in [0.15, 0.2) is 17.6 Å². The van der Waals surface area contributed by atoms with E-state index in [1.165, 1.54) is 0 Å². The summed E-state index contributed by atoms with van der Waals surface area (Å²) in [5.41, 5.74) is 1.37. The lowest BCUT2D eigenvalue weighted by Crippen LogP contribution is -2.46. The molecule has 0 saturated carbocycles. The third kappa shape index (κ3) is 2.45. The van der Waals surface area contributed by atoms with Crippen LogP contribution in [0.25, 0.3) is 0 Å². The van der Waals surface area contributed by atoms with Gasteiger partial charge in [0.05, 0.1) is 17.2 Å². The molecule has 1 aliphatic rings. The Labute approximate surface area is 133 Å². The third-order valence-electron chi connectivity index (χ3n) is 3.58. The fourth-order valence-corrected chi connectivity index (χ4v) is 3.63. The Bertz CT molecular complexity index is 679. The van der Waals surface area contributed by atoms with E-state index in [9.17, 15) is 4.79 Å². The highest BCUT2D eigenvalue weighted by Gasteiger charge is 2.35. The monoisotopic (exact) mass is 320 g/mol. The van der Waals surface area contributed by atoms with Gasteiger partial charge < -0.3 is 15.0 Å². The Morgan fingerprint density at radius 2 is 2.27 bits per heavy atom. The molecule has 0 radical (unpaired) electrons. The van der Waals surface area contributed by atoms with E-state index in [0.717, 1.165) is 29.3 Å². The van der Waals surface area contributed by atoms with Gasteiger partial charge in [-0.25, -0.2) is 0 Å². The minimum atomic E-state index is -0.203. The Morgan fingerprint density at radius 1 is 1.45 bits per heavy atom. The van der Waals surface area contributed by atoms with Crippen molar-refractivity contribution in [1.82, 2.24) is 15.1 Å². The standard InChI is InChI=1S/C15H20N4O2S/c1-4-7-19-10-9-18(3)17-12(10)15(20)16-14(19)13-11(21-5-2)6-8-22-13/h6,8-9,14H,4-5,7H2,1-3H3,(H,16,20). The van der Waals surface area contributed by atoms with Crippen LogP contribution in [0.1, 0.15) is 41.8 Å². The summed E-state index contributed by atoms with van der Waals surface area (Å²) >= 11 is 1.60. The smallest absolute Gasteiger partial charge is 0.275 e. The second-order valence-corrected chi connectivity index (χ2v) is 6.14. The summed E-state index contributed by atoms with van der Waals surface area (Å²) in [6.07, 6.45) is 2.69. The molecule has 3 rings (SSSR count). The van der Waals surface area contributed by atoms with Gasteiger partial charge in [0.1, 0.15) is 11.9 Å². The zero-order valence-electron chi connectivity index (χ0n) is 13.0. The summed E-state index contributed by atoms with van der Waals surface area (Å²) in [4.78, 5) is 15.6. The van der Waals surface area contributed by atoms with Crippen LogP contribution in [0.2, 0.25) is 0 Å². The number of fused-ring (bicyclic) bond motifs is 1. The molecule has 0 saturated heterocycles. The Hall–Kier alpha value is -2.02. The Kier molecular flexibility index (Phi) is 4.06. The first kappa shape index (κ1) is 14.9. The maximum atomic E-state index is 12.4. The minimum absolute atomic E-state index is 0.135. The van der Waals surface area contributed by atoms with E-state index in [2.05, 4.69) is 22.2 Å².